The van der Waals surface area contributed by atoms with Crippen LogP contribution < -0.4 is 4.74 Å². The number of benzene rings is 2. The molecule has 0 aromatic heterocycles. The van der Waals surface area contributed by atoms with Crippen LogP contribution >= 0.6 is 0 Å². The molecule has 2 unspecified atom stereocenters. The Morgan fingerprint density at radius 1 is 0.912 bits per heavy atom. The van der Waals surface area contributed by atoms with Gasteiger partial charge in [-0.25, -0.2) is 8.78 Å². The van der Waals surface area contributed by atoms with Gasteiger partial charge in [-0.3, -0.25) is 0 Å². The van der Waals surface area contributed by atoms with Crippen molar-refractivity contribution in [3.8, 4) is 17.6 Å². The van der Waals surface area contributed by atoms with Crippen LogP contribution in [0.2, 0.25) is 0 Å². The maximum atomic E-state index is 14.8. The van der Waals surface area contributed by atoms with E-state index in [9.17, 15) is 30.7 Å². The van der Waals surface area contributed by atoms with Crippen LogP contribution in [0.4, 0.5) is 30.7 Å². The van der Waals surface area contributed by atoms with Crippen LogP contribution in [0.1, 0.15) is 50.5 Å². The Hall–Kier alpha value is -2.47. The third-order valence-electron chi connectivity index (χ3n) is 6.55. The van der Waals surface area contributed by atoms with Crippen LogP contribution in [-0.2, 0) is 4.74 Å². The lowest BCUT2D eigenvalue weighted by Crippen LogP contribution is -2.43. The van der Waals surface area contributed by atoms with Gasteiger partial charge in [0.15, 0.2) is 0 Å². The second-order valence-electron chi connectivity index (χ2n) is 8.89. The average Bonchev–Trinajstić information content (AvgIpc) is 2.78. The summed E-state index contributed by atoms with van der Waals surface area (Å²) >= 11 is 0. The molecule has 34 heavy (non-hydrogen) atoms. The van der Waals surface area contributed by atoms with Crippen LogP contribution in [0, 0.1) is 35.3 Å². The summed E-state index contributed by atoms with van der Waals surface area (Å²) in [7, 11) is 0. The molecular weight excluding hydrogens is 465 g/mol. The summed E-state index contributed by atoms with van der Waals surface area (Å²) in [5.41, 5.74) is -1.05. The molecule has 2 aromatic rings. The van der Waals surface area contributed by atoms with E-state index in [0.29, 0.717) is 12.3 Å². The molecule has 1 heterocycles. The highest BCUT2D eigenvalue weighted by molar-refractivity contribution is 5.86. The molecule has 0 bridgehead atoms. The monoisotopic (exact) mass is 488 g/mol. The van der Waals surface area contributed by atoms with Crippen molar-refractivity contribution in [2.24, 2.45) is 11.8 Å². The Morgan fingerprint density at radius 2 is 1.65 bits per heavy atom. The van der Waals surface area contributed by atoms with E-state index in [1.807, 2.05) is 0 Å². The minimum absolute atomic E-state index is 0.0198. The van der Waals surface area contributed by atoms with E-state index >= 15 is 0 Å². The first-order valence-electron chi connectivity index (χ1n) is 11.2. The lowest BCUT2D eigenvalue weighted by atomic mass is 9.81. The van der Waals surface area contributed by atoms with Crippen molar-refractivity contribution in [1.29, 1.82) is 0 Å². The molecule has 9 heteroatoms. The van der Waals surface area contributed by atoms with E-state index in [-0.39, 0.29) is 35.7 Å². The van der Waals surface area contributed by atoms with Gasteiger partial charge in [-0.2, -0.15) is 22.0 Å². The van der Waals surface area contributed by atoms with E-state index in [2.05, 4.69) is 0 Å². The van der Waals surface area contributed by atoms with Crippen molar-refractivity contribution >= 4 is 10.8 Å². The molecule has 1 aliphatic carbocycles. The minimum Gasteiger partial charge on any atom is -0.432 e. The highest BCUT2D eigenvalue weighted by atomic mass is 19.4. The van der Waals surface area contributed by atoms with Gasteiger partial charge in [-0.15, -0.1) is 0 Å². The average molecular weight is 488 g/mol. The number of halogens is 7. The Labute approximate surface area is 192 Å². The van der Waals surface area contributed by atoms with Gasteiger partial charge in [-0.05, 0) is 61.3 Å². The molecule has 2 atom stereocenters. The molecule has 1 saturated heterocycles. The first kappa shape index (κ1) is 24.6. The largest absolute Gasteiger partial charge is 0.458 e. The standard InChI is InChI=1S/C25H23F7O2/c26-21-13-16-12-18(7-8-19(16)23(27)20(21)10-11-24(28,29)30)34-25(31,32)17-6-9-22(33-14-17)15-4-2-1-3-5-15/h7-8,12-13,15,17,22H,1-6,9,14H2. The van der Waals surface area contributed by atoms with Crippen molar-refractivity contribution in [3.05, 3.63) is 41.5 Å². The number of rotatable bonds is 4. The van der Waals surface area contributed by atoms with Gasteiger partial charge in [0.2, 0.25) is 0 Å². The zero-order valence-electron chi connectivity index (χ0n) is 18.2. The van der Waals surface area contributed by atoms with E-state index in [0.717, 1.165) is 55.9 Å². The fourth-order valence-corrected chi connectivity index (χ4v) is 4.77. The molecular formula is C25H23F7O2. The smallest absolute Gasteiger partial charge is 0.432 e. The van der Waals surface area contributed by atoms with Gasteiger partial charge in [0, 0.05) is 11.3 Å². The van der Waals surface area contributed by atoms with Crippen molar-refractivity contribution < 1.29 is 40.2 Å². The zero-order chi connectivity index (χ0) is 24.5. The van der Waals surface area contributed by atoms with Gasteiger partial charge in [0.1, 0.15) is 17.4 Å². The summed E-state index contributed by atoms with van der Waals surface area (Å²) in [6.07, 6.45) is -2.20. The fourth-order valence-electron chi connectivity index (χ4n) is 4.77. The predicted molar refractivity (Wildman–Crippen MR) is 111 cm³/mol. The molecule has 2 fully saturated rings. The van der Waals surface area contributed by atoms with Crippen LogP contribution in [-0.4, -0.2) is 25.0 Å². The molecule has 1 aliphatic heterocycles. The van der Waals surface area contributed by atoms with Crippen LogP contribution in [0.25, 0.3) is 10.8 Å². The number of alkyl halides is 5. The number of ether oxygens (including phenoxy) is 2. The first-order valence-corrected chi connectivity index (χ1v) is 11.2. The maximum absolute atomic E-state index is 14.8. The quantitative estimate of drug-likeness (QED) is 0.330. The second kappa shape index (κ2) is 9.65. The zero-order valence-corrected chi connectivity index (χ0v) is 18.2. The molecule has 4 rings (SSSR count). The number of fused-ring (bicyclic) bond motifs is 1. The Bertz CT molecular complexity index is 1090. The molecule has 0 radical (unpaired) electrons. The van der Waals surface area contributed by atoms with Crippen molar-refractivity contribution in [3.63, 3.8) is 0 Å². The van der Waals surface area contributed by atoms with Crippen molar-refractivity contribution in [2.45, 2.75) is 63.3 Å². The SMILES string of the molecule is Fc1cc2cc(OC(F)(F)C3CCC(C4CCCCC4)OC3)ccc2c(F)c1C#CC(F)(F)F. The summed E-state index contributed by atoms with van der Waals surface area (Å²) in [6.45, 7) is -0.147. The van der Waals surface area contributed by atoms with E-state index < -0.39 is 35.4 Å². The molecule has 2 aliphatic rings. The summed E-state index contributed by atoms with van der Waals surface area (Å²) in [5.74, 6) is -1.46. The Balaban J connectivity index is 1.47. The normalized spacial score (nSPS) is 22.3. The second-order valence-corrected chi connectivity index (χ2v) is 8.89. The van der Waals surface area contributed by atoms with Gasteiger partial charge < -0.3 is 9.47 Å². The molecule has 0 N–H and O–H groups in total. The molecule has 184 valence electrons. The van der Waals surface area contributed by atoms with Crippen LogP contribution in [0.5, 0.6) is 5.75 Å². The first-order chi connectivity index (χ1) is 16.0. The van der Waals surface area contributed by atoms with Gasteiger partial charge in [0.25, 0.3) is 0 Å². The van der Waals surface area contributed by atoms with Gasteiger partial charge in [0.05, 0.1) is 24.2 Å². The van der Waals surface area contributed by atoms with Crippen LogP contribution in [0.15, 0.2) is 24.3 Å². The van der Waals surface area contributed by atoms with E-state index in [4.69, 9.17) is 9.47 Å². The molecule has 2 aromatic carbocycles. The lowest BCUT2D eigenvalue weighted by Gasteiger charge is -2.37. The fraction of sp³-hybridized carbons (Fsp3) is 0.520. The highest BCUT2D eigenvalue weighted by Gasteiger charge is 2.45. The third-order valence-corrected chi connectivity index (χ3v) is 6.55. The highest BCUT2D eigenvalue weighted by Crippen LogP contribution is 2.39. The van der Waals surface area contributed by atoms with Gasteiger partial charge >= 0.3 is 12.3 Å². The van der Waals surface area contributed by atoms with E-state index in [1.165, 1.54) is 12.3 Å². The van der Waals surface area contributed by atoms with Gasteiger partial charge in [-0.1, -0.05) is 25.2 Å². The Morgan fingerprint density at radius 3 is 2.29 bits per heavy atom. The Kier molecular flexibility index (Phi) is 6.99. The van der Waals surface area contributed by atoms with Crippen molar-refractivity contribution in [2.75, 3.05) is 6.61 Å². The van der Waals surface area contributed by atoms with Crippen molar-refractivity contribution in [1.82, 2.24) is 0 Å². The topological polar surface area (TPSA) is 18.5 Å². The third kappa shape index (κ3) is 5.60. The lowest BCUT2D eigenvalue weighted by molar-refractivity contribution is -0.244. The molecule has 2 nitrogen and oxygen atoms in total. The minimum atomic E-state index is -4.92. The molecule has 0 spiro atoms. The number of hydrogen-bond donors (Lipinski definition) is 0. The molecule has 1 saturated carbocycles. The summed E-state index contributed by atoms with van der Waals surface area (Å²) in [4.78, 5) is 0. The van der Waals surface area contributed by atoms with E-state index in [1.54, 1.807) is 0 Å². The predicted octanol–water partition coefficient (Wildman–Crippen LogP) is 7.38. The van der Waals surface area contributed by atoms with Crippen LogP contribution in [0.3, 0.4) is 0 Å². The number of hydrogen-bond acceptors (Lipinski definition) is 2. The maximum Gasteiger partial charge on any atom is 0.458 e. The molecule has 0 amide bonds. The summed E-state index contributed by atoms with van der Waals surface area (Å²) in [6, 6.07) is 3.87. The summed E-state index contributed by atoms with van der Waals surface area (Å²) in [5, 5.41) is -0.405. The summed E-state index contributed by atoms with van der Waals surface area (Å²) < 4.78 is 106.